The van der Waals surface area contributed by atoms with E-state index in [9.17, 15) is 14.7 Å². The number of phenols is 1. The van der Waals surface area contributed by atoms with Crippen LogP contribution < -0.4 is 10.4 Å². The molecule has 56 heavy (non-hydrogen) atoms. The van der Waals surface area contributed by atoms with Gasteiger partial charge in [0, 0.05) is 17.5 Å². The zero-order valence-electron chi connectivity index (χ0n) is 33.0. The number of carbonyl (C=O) groups is 2. The number of nitrogens with zero attached hydrogens (tertiary/aromatic N) is 1. The lowest BCUT2D eigenvalue weighted by Crippen LogP contribution is -2.66. The van der Waals surface area contributed by atoms with Gasteiger partial charge in [0.1, 0.15) is 5.75 Å². The summed E-state index contributed by atoms with van der Waals surface area (Å²) in [6, 6.07) is 39.2. The Morgan fingerprint density at radius 3 is 2.04 bits per heavy atom. The summed E-state index contributed by atoms with van der Waals surface area (Å²) in [5.74, 6) is -0.687. The van der Waals surface area contributed by atoms with Crippen LogP contribution in [0.15, 0.2) is 126 Å². The van der Waals surface area contributed by atoms with E-state index in [1.54, 1.807) is 11.0 Å². The smallest absolute Gasteiger partial charge is 0.261 e. The normalized spacial score (nSPS) is 23.4. The average Bonchev–Trinajstić information content (AvgIpc) is 3.75. The number of ether oxygens (including phenoxy) is 1. The van der Waals surface area contributed by atoms with Crippen molar-refractivity contribution < 1.29 is 23.9 Å². The lowest BCUT2D eigenvalue weighted by molar-refractivity contribution is -0.143. The average molecular weight is 766 g/mol. The molecule has 2 amide bonds. The second kappa shape index (κ2) is 16.1. The Morgan fingerprint density at radius 2 is 1.41 bits per heavy atom. The Hall–Kier alpha value is -4.56. The minimum Gasteiger partial charge on any atom is -0.507 e. The predicted molar refractivity (Wildman–Crippen MR) is 226 cm³/mol. The van der Waals surface area contributed by atoms with Gasteiger partial charge in [-0.25, -0.2) is 0 Å². The predicted octanol–water partition coefficient (Wildman–Crippen LogP) is 8.94. The summed E-state index contributed by atoms with van der Waals surface area (Å²) < 4.78 is 14.4. The molecule has 7 heteroatoms. The molecule has 8 rings (SSSR count). The molecule has 2 aliphatic carbocycles. The molecule has 290 valence electrons. The molecule has 0 bridgehead atoms. The number of hydrogen-bond donors (Lipinski definition) is 1. The van der Waals surface area contributed by atoms with Crippen molar-refractivity contribution in [1.29, 1.82) is 0 Å². The highest BCUT2D eigenvalue weighted by atomic mass is 28.4. The molecule has 1 N–H and O–H groups in total. The molecular weight excluding hydrogens is 711 g/mol. The molecular formula is C49H55NO5Si. The highest BCUT2D eigenvalue weighted by molar-refractivity contribution is 6.99. The van der Waals surface area contributed by atoms with E-state index in [1.165, 1.54) is 15.9 Å². The molecule has 0 radical (unpaired) electrons. The molecule has 4 atom stereocenters. The fraction of sp³-hybridized carbons (Fsp3) is 0.388. The van der Waals surface area contributed by atoms with Crippen LogP contribution in [0, 0.1) is 17.8 Å². The van der Waals surface area contributed by atoms with Crippen LogP contribution in [0.1, 0.15) is 83.3 Å². The minimum absolute atomic E-state index is 0.000646. The number of benzene rings is 4. The highest BCUT2D eigenvalue weighted by Crippen LogP contribution is 2.51. The fourth-order valence-electron chi connectivity index (χ4n) is 10.3. The van der Waals surface area contributed by atoms with E-state index in [-0.39, 0.29) is 46.6 Å². The number of para-hydroxylation sites is 1. The van der Waals surface area contributed by atoms with Crippen LogP contribution >= 0.6 is 0 Å². The van der Waals surface area contributed by atoms with Gasteiger partial charge in [0.15, 0.2) is 0 Å². The Kier molecular flexibility index (Phi) is 11.0. The fourth-order valence-corrected chi connectivity index (χ4v) is 14.9. The minimum atomic E-state index is -2.90. The maximum atomic E-state index is 14.5. The number of rotatable bonds is 11. The number of fused-ring (bicyclic) bond motifs is 3. The number of amides is 2. The zero-order chi connectivity index (χ0) is 38.9. The topological polar surface area (TPSA) is 76.1 Å². The van der Waals surface area contributed by atoms with Crippen molar-refractivity contribution in [3.05, 3.63) is 138 Å². The van der Waals surface area contributed by atoms with Gasteiger partial charge in [-0.05, 0) is 81.9 Å². The van der Waals surface area contributed by atoms with E-state index in [4.69, 9.17) is 9.16 Å². The molecule has 0 aromatic heterocycles. The van der Waals surface area contributed by atoms with E-state index in [0.717, 1.165) is 54.4 Å². The Morgan fingerprint density at radius 1 is 0.804 bits per heavy atom. The standard InChI is InChI=1S/C49H55NO5Si/c1-49(2,3)56(39-23-12-6-13-24-39,40-25-14-7-15-26-40)55-32-37-31-41-46(48(53)50(47(41)52)38-21-10-5-11-22-38)42-33-54-44(45(37)42)29-28-35(34-18-8-4-9-19-34)30-36-20-16-17-27-43(36)51/h4,6-9,12-20,23-27,30,38,41-42,44,46,51H,5,10-11,21-22,28-29,31-33H2,1-3H3/b35-30-/t41-,42+,44-,46-/m1/s1. The van der Waals surface area contributed by atoms with Crippen LogP contribution in [0.5, 0.6) is 5.75 Å². The molecule has 3 fully saturated rings. The van der Waals surface area contributed by atoms with Gasteiger partial charge in [-0.2, -0.15) is 0 Å². The van der Waals surface area contributed by atoms with Crippen molar-refractivity contribution in [3.63, 3.8) is 0 Å². The van der Waals surface area contributed by atoms with Crippen molar-refractivity contribution in [1.82, 2.24) is 4.90 Å². The van der Waals surface area contributed by atoms with Crippen LogP contribution in [0.3, 0.4) is 0 Å². The number of carbonyl (C=O) groups excluding carboxylic acids is 2. The zero-order valence-corrected chi connectivity index (χ0v) is 34.0. The summed E-state index contributed by atoms with van der Waals surface area (Å²) in [7, 11) is -2.90. The third kappa shape index (κ3) is 7.14. The van der Waals surface area contributed by atoms with Crippen LogP contribution in [-0.2, 0) is 18.8 Å². The number of allylic oxidation sites excluding steroid dienone is 1. The summed E-state index contributed by atoms with van der Waals surface area (Å²) in [6.45, 7) is 7.68. The van der Waals surface area contributed by atoms with Crippen LogP contribution in [-0.4, -0.2) is 55.5 Å². The molecule has 2 heterocycles. The van der Waals surface area contributed by atoms with E-state index >= 15 is 0 Å². The number of phenolic OH excluding ortho intramolecular Hbond substituents is 1. The maximum Gasteiger partial charge on any atom is 0.261 e. The van der Waals surface area contributed by atoms with Crippen LogP contribution in [0.2, 0.25) is 5.04 Å². The van der Waals surface area contributed by atoms with Gasteiger partial charge in [0.05, 0.1) is 31.2 Å². The van der Waals surface area contributed by atoms with Crippen LogP contribution in [0.4, 0.5) is 0 Å². The third-order valence-corrected chi connectivity index (χ3v) is 17.9. The number of likely N-dealkylation sites (tertiary alicyclic amines) is 1. The van der Waals surface area contributed by atoms with E-state index in [0.29, 0.717) is 32.5 Å². The molecule has 6 nitrogen and oxygen atoms in total. The largest absolute Gasteiger partial charge is 0.507 e. The molecule has 0 spiro atoms. The lowest BCUT2D eigenvalue weighted by Gasteiger charge is -2.44. The third-order valence-electron chi connectivity index (χ3n) is 12.9. The number of imide groups is 1. The number of aromatic hydroxyl groups is 1. The monoisotopic (exact) mass is 765 g/mol. The number of hydrogen-bond acceptors (Lipinski definition) is 5. The van der Waals surface area contributed by atoms with Gasteiger partial charge in [-0.15, -0.1) is 0 Å². The van der Waals surface area contributed by atoms with Crippen LogP contribution in [0.25, 0.3) is 11.6 Å². The van der Waals surface area contributed by atoms with Gasteiger partial charge >= 0.3 is 0 Å². The van der Waals surface area contributed by atoms with Gasteiger partial charge in [0.2, 0.25) is 11.8 Å². The van der Waals surface area contributed by atoms with Gasteiger partial charge in [-0.3, -0.25) is 14.5 Å². The first kappa shape index (κ1) is 38.3. The molecule has 2 saturated heterocycles. The maximum absolute atomic E-state index is 14.5. The highest BCUT2D eigenvalue weighted by Gasteiger charge is 2.59. The Labute approximate surface area is 333 Å². The Bertz CT molecular complexity index is 2040. The first-order chi connectivity index (χ1) is 27.2. The lowest BCUT2D eigenvalue weighted by atomic mass is 9.69. The first-order valence-corrected chi connectivity index (χ1v) is 22.6. The van der Waals surface area contributed by atoms with Gasteiger partial charge < -0.3 is 14.3 Å². The van der Waals surface area contributed by atoms with Crippen molar-refractivity contribution in [2.45, 2.75) is 89.3 Å². The van der Waals surface area contributed by atoms with Gasteiger partial charge in [-0.1, -0.05) is 149 Å². The van der Waals surface area contributed by atoms with Crippen molar-refractivity contribution in [2.75, 3.05) is 13.2 Å². The molecule has 2 aliphatic heterocycles. The summed E-state index contributed by atoms with van der Waals surface area (Å²) >= 11 is 0. The summed E-state index contributed by atoms with van der Waals surface area (Å²) in [4.78, 5) is 30.6. The molecule has 4 aromatic rings. The summed E-state index contributed by atoms with van der Waals surface area (Å²) in [5.41, 5.74) is 5.27. The van der Waals surface area contributed by atoms with Crippen molar-refractivity contribution in [2.24, 2.45) is 17.8 Å². The van der Waals surface area contributed by atoms with E-state index in [2.05, 4.69) is 99.6 Å². The molecule has 4 aromatic carbocycles. The molecule has 4 aliphatic rings. The first-order valence-electron chi connectivity index (χ1n) is 20.7. The second-order valence-corrected chi connectivity index (χ2v) is 21.6. The Balaban J connectivity index is 1.18. The van der Waals surface area contributed by atoms with Crippen molar-refractivity contribution >= 4 is 42.2 Å². The van der Waals surface area contributed by atoms with E-state index in [1.807, 2.05) is 36.4 Å². The SMILES string of the molecule is CC(C)(C)[Si](OCC1=C2[C@@H](CC/C(=C/c3ccccc3O)c3ccccc3)OC[C@@H]2[C@@H]2C(=O)N(C3CCCCC3)C(=O)[C@@H]2C1)(c1ccccc1)c1ccccc1. The summed E-state index contributed by atoms with van der Waals surface area (Å²) in [5, 5.41) is 12.9. The second-order valence-electron chi connectivity index (χ2n) is 17.2. The summed E-state index contributed by atoms with van der Waals surface area (Å²) in [6.07, 6.45) is 8.87. The van der Waals surface area contributed by atoms with Crippen molar-refractivity contribution in [3.8, 4) is 5.75 Å². The quantitative estimate of drug-likeness (QED) is 0.0715. The molecule has 0 unspecified atom stereocenters. The molecule has 1 saturated carbocycles. The van der Waals surface area contributed by atoms with E-state index < -0.39 is 14.2 Å². The van der Waals surface area contributed by atoms with Gasteiger partial charge in [0.25, 0.3) is 8.32 Å².